The van der Waals surface area contributed by atoms with Crippen molar-refractivity contribution in [3.63, 3.8) is 0 Å². The molecule has 2 aromatic carbocycles. The van der Waals surface area contributed by atoms with Gasteiger partial charge in [0.2, 0.25) is 0 Å². The van der Waals surface area contributed by atoms with E-state index in [0.29, 0.717) is 16.5 Å². The second kappa shape index (κ2) is 5.10. The number of aromatic hydroxyl groups is 1. The Labute approximate surface area is 126 Å². The van der Waals surface area contributed by atoms with Gasteiger partial charge >= 0.3 is 0 Å². The number of hydrogen-bond donors (Lipinski definition) is 2. The number of hydrogen-bond acceptors (Lipinski definition) is 4. The fraction of sp³-hybridized carbons (Fsp3) is 0.0667. The molecule has 0 atom stereocenters. The van der Waals surface area contributed by atoms with Crippen molar-refractivity contribution < 1.29 is 5.11 Å². The Kier molecular flexibility index (Phi) is 3.27. The Morgan fingerprint density at radius 3 is 2.52 bits per heavy atom. The number of nitrogen functional groups attached to an aromatic ring is 1. The number of halogens is 1. The number of phenols is 1. The van der Waals surface area contributed by atoms with E-state index in [-0.39, 0.29) is 5.75 Å². The predicted molar refractivity (Wildman–Crippen MR) is 82.6 cm³/mol. The Morgan fingerprint density at radius 1 is 1.14 bits per heavy atom. The van der Waals surface area contributed by atoms with Gasteiger partial charge < -0.3 is 10.8 Å². The van der Waals surface area contributed by atoms with Crippen LogP contribution in [0.3, 0.4) is 0 Å². The molecule has 5 nitrogen and oxygen atoms in total. The zero-order chi connectivity index (χ0) is 15.0. The summed E-state index contributed by atoms with van der Waals surface area (Å²) in [7, 11) is 0. The second-order valence-electron chi connectivity index (χ2n) is 4.72. The lowest BCUT2D eigenvalue weighted by atomic mass is 10.1. The highest BCUT2D eigenvalue weighted by atomic mass is 35.5. The van der Waals surface area contributed by atoms with Gasteiger partial charge in [0.05, 0.1) is 5.69 Å². The third-order valence-electron chi connectivity index (χ3n) is 3.23. The maximum Gasteiger partial charge on any atom is 0.155 e. The van der Waals surface area contributed by atoms with Crippen LogP contribution in [0.15, 0.2) is 42.5 Å². The van der Waals surface area contributed by atoms with Crippen LogP contribution in [0.2, 0.25) is 5.02 Å². The summed E-state index contributed by atoms with van der Waals surface area (Å²) in [6, 6.07) is 12.2. The Balaban J connectivity index is 2.06. The summed E-state index contributed by atoms with van der Waals surface area (Å²) >= 11 is 6.03. The summed E-state index contributed by atoms with van der Waals surface area (Å²) in [6.07, 6.45) is 0. The topological polar surface area (TPSA) is 77.0 Å². The summed E-state index contributed by atoms with van der Waals surface area (Å²) < 4.78 is 1.53. The molecule has 106 valence electrons. The molecular weight excluding hydrogens is 288 g/mol. The first-order valence-corrected chi connectivity index (χ1v) is 6.71. The van der Waals surface area contributed by atoms with E-state index in [1.807, 2.05) is 25.1 Å². The summed E-state index contributed by atoms with van der Waals surface area (Å²) in [4.78, 5) is 0. The van der Waals surface area contributed by atoms with Crippen LogP contribution in [0, 0.1) is 6.92 Å². The van der Waals surface area contributed by atoms with Gasteiger partial charge in [-0.1, -0.05) is 22.9 Å². The van der Waals surface area contributed by atoms with Crippen LogP contribution in [-0.2, 0) is 0 Å². The lowest BCUT2D eigenvalue weighted by Gasteiger charge is -2.05. The minimum absolute atomic E-state index is 0.186. The molecule has 6 heteroatoms. The largest absolute Gasteiger partial charge is 0.508 e. The standard InChI is InChI=1S/C15H13ClN4O/c1-9-8-10(2-7-13(9)16)14-15(17)20(19-18-14)11-3-5-12(21)6-4-11/h2-8,21H,17H2,1H3. The average Bonchev–Trinajstić information content (AvgIpc) is 2.85. The molecular formula is C15H13ClN4O. The van der Waals surface area contributed by atoms with Crippen LogP contribution in [0.5, 0.6) is 5.75 Å². The molecule has 0 radical (unpaired) electrons. The minimum Gasteiger partial charge on any atom is -0.508 e. The summed E-state index contributed by atoms with van der Waals surface area (Å²) in [5.41, 5.74) is 9.28. The number of rotatable bonds is 2. The van der Waals surface area contributed by atoms with Gasteiger partial charge in [-0.05, 0) is 48.9 Å². The summed E-state index contributed by atoms with van der Waals surface area (Å²) in [5, 5.41) is 18.2. The zero-order valence-corrected chi connectivity index (χ0v) is 12.0. The van der Waals surface area contributed by atoms with E-state index in [9.17, 15) is 5.11 Å². The lowest BCUT2D eigenvalue weighted by molar-refractivity contribution is 0.475. The highest BCUT2D eigenvalue weighted by Crippen LogP contribution is 2.28. The first-order chi connectivity index (χ1) is 10.1. The van der Waals surface area contributed by atoms with Crippen molar-refractivity contribution in [2.75, 3.05) is 5.73 Å². The summed E-state index contributed by atoms with van der Waals surface area (Å²) in [6.45, 7) is 1.92. The molecule has 21 heavy (non-hydrogen) atoms. The molecule has 0 saturated heterocycles. The number of anilines is 1. The van der Waals surface area contributed by atoms with Crippen molar-refractivity contribution in [2.45, 2.75) is 6.92 Å². The van der Waals surface area contributed by atoms with Crippen LogP contribution in [0.25, 0.3) is 16.9 Å². The molecule has 0 aliphatic carbocycles. The molecule has 3 N–H and O–H groups in total. The summed E-state index contributed by atoms with van der Waals surface area (Å²) in [5.74, 6) is 0.619. The van der Waals surface area contributed by atoms with Crippen molar-refractivity contribution in [1.82, 2.24) is 15.0 Å². The van der Waals surface area contributed by atoms with E-state index in [2.05, 4.69) is 10.3 Å². The van der Waals surface area contributed by atoms with Crippen LogP contribution in [0.1, 0.15) is 5.56 Å². The first-order valence-electron chi connectivity index (χ1n) is 6.33. The molecule has 0 spiro atoms. The van der Waals surface area contributed by atoms with E-state index < -0.39 is 0 Å². The number of benzene rings is 2. The third kappa shape index (κ3) is 2.43. The molecule has 0 saturated carbocycles. The molecule has 1 heterocycles. The molecule has 0 fully saturated rings. The maximum atomic E-state index is 9.32. The molecule has 0 aliphatic heterocycles. The zero-order valence-electron chi connectivity index (χ0n) is 11.3. The number of nitrogens with two attached hydrogens (primary N) is 1. The number of aromatic nitrogens is 3. The maximum absolute atomic E-state index is 9.32. The van der Waals surface area contributed by atoms with Gasteiger partial charge in [-0.3, -0.25) is 0 Å². The van der Waals surface area contributed by atoms with Gasteiger partial charge in [0, 0.05) is 10.6 Å². The number of nitrogens with zero attached hydrogens (tertiary/aromatic N) is 3. The van der Waals surface area contributed by atoms with Gasteiger partial charge in [0.1, 0.15) is 11.4 Å². The quantitative estimate of drug-likeness (QED) is 0.762. The van der Waals surface area contributed by atoms with Crippen LogP contribution in [0.4, 0.5) is 5.82 Å². The Morgan fingerprint density at radius 2 is 1.86 bits per heavy atom. The molecule has 0 aliphatic rings. The minimum atomic E-state index is 0.186. The lowest BCUT2D eigenvalue weighted by Crippen LogP contribution is -2.02. The molecule has 0 bridgehead atoms. The first kappa shape index (κ1) is 13.5. The van der Waals surface area contributed by atoms with Crippen molar-refractivity contribution in [3.05, 3.63) is 53.1 Å². The van der Waals surface area contributed by atoms with Gasteiger partial charge in [-0.15, -0.1) is 5.10 Å². The van der Waals surface area contributed by atoms with E-state index in [0.717, 1.165) is 16.8 Å². The average molecular weight is 301 g/mol. The predicted octanol–water partition coefficient (Wildman–Crippen LogP) is 3.18. The molecule has 0 amide bonds. The molecule has 3 aromatic rings. The van der Waals surface area contributed by atoms with E-state index >= 15 is 0 Å². The Hall–Kier alpha value is -2.53. The van der Waals surface area contributed by atoms with E-state index in [1.54, 1.807) is 24.3 Å². The van der Waals surface area contributed by atoms with E-state index in [4.69, 9.17) is 17.3 Å². The fourth-order valence-electron chi connectivity index (χ4n) is 2.07. The second-order valence-corrected chi connectivity index (χ2v) is 5.12. The fourth-order valence-corrected chi connectivity index (χ4v) is 2.19. The van der Waals surface area contributed by atoms with Gasteiger partial charge in [-0.2, -0.15) is 4.68 Å². The highest BCUT2D eigenvalue weighted by Gasteiger charge is 2.13. The van der Waals surface area contributed by atoms with E-state index in [1.165, 1.54) is 4.68 Å². The van der Waals surface area contributed by atoms with Gasteiger partial charge in [0.25, 0.3) is 0 Å². The molecule has 1 aromatic heterocycles. The van der Waals surface area contributed by atoms with Crippen molar-refractivity contribution >= 4 is 17.4 Å². The van der Waals surface area contributed by atoms with Crippen molar-refractivity contribution in [2.24, 2.45) is 0 Å². The van der Waals surface area contributed by atoms with Crippen molar-refractivity contribution in [3.8, 4) is 22.7 Å². The number of aryl methyl sites for hydroxylation is 1. The highest BCUT2D eigenvalue weighted by molar-refractivity contribution is 6.31. The third-order valence-corrected chi connectivity index (χ3v) is 3.65. The monoisotopic (exact) mass is 300 g/mol. The molecule has 0 unspecified atom stereocenters. The van der Waals surface area contributed by atoms with Crippen LogP contribution >= 0.6 is 11.6 Å². The van der Waals surface area contributed by atoms with Crippen molar-refractivity contribution in [1.29, 1.82) is 0 Å². The number of phenolic OH excluding ortho intramolecular Hbond substituents is 1. The SMILES string of the molecule is Cc1cc(-c2nnn(-c3ccc(O)cc3)c2N)ccc1Cl. The Bertz CT molecular complexity index is 796. The van der Waals surface area contributed by atoms with Gasteiger partial charge in [0.15, 0.2) is 5.82 Å². The molecule has 3 rings (SSSR count). The normalized spacial score (nSPS) is 10.8. The van der Waals surface area contributed by atoms with Crippen LogP contribution in [-0.4, -0.2) is 20.1 Å². The smallest absolute Gasteiger partial charge is 0.155 e. The van der Waals surface area contributed by atoms with Crippen LogP contribution < -0.4 is 5.73 Å². The van der Waals surface area contributed by atoms with Gasteiger partial charge in [-0.25, -0.2) is 0 Å².